The Balaban J connectivity index is 3.51. The molecule has 0 rings (SSSR count). The van der Waals surface area contributed by atoms with Gasteiger partial charge in [0.2, 0.25) is 0 Å². The van der Waals surface area contributed by atoms with Gasteiger partial charge in [-0.05, 0) is 0 Å². The van der Waals surface area contributed by atoms with E-state index in [0.29, 0.717) is 5.75 Å². The lowest BCUT2D eigenvalue weighted by molar-refractivity contribution is 0.114. The van der Waals surface area contributed by atoms with E-state index in [9.17, 15) is 0 Å². The highest BCUT2D eigenvalue weighted by molar-refractivity contribution is 8.13. The molecule has 0 radical (unpaired) electrons. The maximum atomic E-state index is 8.94. The van der Waals surface area contributed by atoms with Crippen LogP contribution in [-0.2, 0) is 0 Å². The van der Waals surface area contributed by atoms with Crippen LogP contribution in [0.1, 0.15) is 0 Å². The molecule has 0 aromatic carbocycles. The lowest BCUT2D eigenvalue weighted by Crippen LogP contribution is -2.20. The van der Waals surface area contributed by atoms with Crippen LogP contribution in [0, 0.1) is 0 Å². The van der Waals surface area contributed by atoms with E-state index in [1.165, 1.54) is 11.8 Å². The van der Waals surface area contributed by atoms with Crippen LogP contribution >= 0.6 is 11.8 Å². The molecule has 0 fully saturated rings. The number of aliphatic hydroxyl groups excluding tert-OH is 2. The van der Waals surface area contributed by atoms with Crippen LogP contribution in [0.5, 0.6) is 0 Å². The van der Waals surface area contributed by atoms with Crippen LogP contribution < -0.4 is 5.32 Å². The van der Waals surface area contributed by atoms with Gasteiger partial charge in [-0.3, -0.25) is 4.99 Å². The number of hydrogen-bond acceptors (Lipinski definition) is 4. The summed E-state index contributed by atoms with van der Waals surface area (Å²) in [6, 6.07) is 0. The first-order valence-electron chi connectivity index (χ1n) is 3.30. The smallest absolute Gasteiger partial charge is 0.156 e. The van der Waals surface area contributed by atoms with Gasteiger partial charge in [-0.1, -0.05) is 11.8 Å². The summed E-state index contributed by atoms with van der Waals surface area (Å²) in [7, 11) is 3.44. The molecule has 1 atom stereocenters. The summed E-state index contributed by atoms with van der Waals surface area (Å²) >= 11 is 1.38. The third-order valence-corrected chi connectivity index (χ3v) is 2.25. The summed E-state index contributed by atoms with van der Waals surface area (Å²) in [6.45, 7) is -0.201. The third-order valence-electron chi connectivity index (χ3n) is 1.04. The lowest BCUT2D eigenvalue weighted by Gasteiger charge is -2.07. The van der Waals surface area contributed by atoms with E-state index in [0.717, 1.165) is 5.17 Å². The molecule has 0 heterocycles. The Bertz CT molecular complexity index is 130. The van der Waals surface area contributed by atoms with Crippen LogP contribution in [0.4, 0.5) is 0 Å². The molecule has 0 aliphatic carbocycles. The van der Waals surface area contributed by atoms with Gasteiger partial charge >= 0.3 is 0 Å². The van der Waals surface area contributed by atoms with E-state index < -0.39 is 6.10 Å². The average molecular weight is 178 g/mol. The summed E-state index contributed by atoms with van der Waals surface area (Å²) in [5.74, 6) is 0.462. The zero-order valence-electron chi connectivity index (χ0n) is 6.74. The molecule has 3 N–H and O–H groups in total. The highest BCUT2D eigenvalue weighted by Gasteiger charge is 2.03. The van der Waals surface area contributed by atoms with E-state index in [1.807, 2.05) is 0 Å². The predicted octanol–water partition coefficient (Wildman–Crippen LogP) is -0.722. The second-order valence-electron chi connectivity index (χ2n) is 1.93. The van der Waals surface area contributed by atoms with E-state index in [4.69, 9.17) is 10.2 Å². The topological polar surface area (TPSA) is 64.9 Å². The Hall–Kier alpha value is -0.260. The van der Waals surface area contributed by atoms with Gasteiger partial charge in [0.15, 0.2) is 5.17 Å². The number of amidine groups is 1. The molecule has 0 aromatic rings. The molecule has 0 saturated carbocycles. The SMILES string of the molecule is CN=C(NC)SCC(O)CO. The normalized spacial score (nSPS) is 14.7. The Labute approximate surface area is 70.7 Å². The van der Waals surface area contributed by atoms with E-state index in [1.54, 1.807) is 14.1 Å². The number of nitrogens with zero attached hydrogens (tertiary/aromatic N) is 1. The molecular weight excluding hydrogens is 164 g/mol. The minimum absolute atomic E-state index is 0.201. The summed E-state index contributed by atoms with van der Waals surface area (Å²) < 4.78 is 0. The van der Waals surface area contributed by atoms with Crippen molar-refractivity contribution in [1.29, 1.82) is 0 Å². The fraction of sp³-hybridized carbons (Fsp3) is 0.833. The van der Waals surface area contributed by atoms with Crippen molar-refractivity contribution in [3.8, 4) is 0 Å². The fourth-order valence-corrected chi connectivity index (χ4v) is 1.21. The first-order valence-corrected chi connectivity index (χ1v) is 4.29. The molecule has 0 aliphatic rings. The van der Waals surface area contributed by atoms with Crippen LogP contribution in [0.3, 0.4) is 0 Å². The largest absolute Gasteiger partial charge is 0.394 e. The van der Waals surface area contributed by atoms with Gasteiger partial charge in [0.05, 0.1) is 12.7 Å². The summed E-state index contributed by atoms with van der Waals surface area (Å²) in [5, 5.41) is 21.0. The van der Waals surface area contributed by atoms with Crippen LogP contribution in [0.25, 0.3) is 0 Å². The number of thioether (sulfide) groups is 1. The first-order chi connectivity index (χ1) is 5.24. The minimum atomic E-state index is -0.662. The second kappa shape index (κ2) is 6.45. The zero-order chi connectivity index (χ0) is 8.69. The highest BCUT2D eigenvalue weighted by Crippen LogP contribution is 2.03. The molecule has 0 saturated heterocycles. The average Bonchev–Trinajstić information content (AvgIpc) is 2.06. The molecule has 0 aliphatic heterocycles. The molecule has 66 valence electrons. The van der Waals surface area contributed by atoms with Gasteiger partial charge in [-0.25, -0.2) is 0 Å². The maximum absolute atomic E-state index is 8.94. The van der Waals surface area contributed by atoms with Crippen molar-refractivity contribution < 1.29 is 10.2 Å². The van der Waals surface area contributed by atoms with Crippen molar-refractivity contribution in [2.24, 2.45) is 4.99 Å². The first kappa shape index (κ1) is 10.7. The van der Waals surface area contributed by atoms with Crippen molar-refractivity contribution in [1.82, 2.24) is 5.32 Å². The number of aliphatic hydroxyl groups is 2. The van der Waals surface area contributed by atoms with E-state index >= 15 is 0 Å². The molecular formula is C6H14N2O2S. The fourth-order valence-electron chi connectivity index (χ4n) is 0.476. The second-order valence-corrected chi connectivity index (χ2v) is 2.93. The van der Waals surface area contributed by atoms with Crippen molar-refractivity contribution >= 4 is 16.9 Å². The summed E-state index contributed by atoms with van der Waals surface area (Å²) in [6.07, 6.45) is -0.662. The molecule has 11 heavy (non-hydrogen) atoms. The van der Waals surface area contributed by atoms with Crippen LogP contribution in [0.2, 0.25) is 0 Å². The maximum Gasteiger partial charge on any atom is 0.156 e. The number of nitrogens with one attached hydrogen (secondary N) is 1. The van der Waals surface area contributed by atoms with Gasteiger partial charge in [0, 0.05) is 19.8 Å². The lowest BCUT2D eigenvalue weighted by atomic mass is 10.4. The Kier molecular flexibility index (Phi) is 6.30. The Morgan fingerprint density at radius 1 is 1.73 bits per heavy atom. The van der Waals surface area contributed by atoms with E-state index in [-0.39, 0.29) is 6.61 Å². The van der Waals surface area contributed by atoms with Gasteiger partial charge in [-0.2, -0.15) is 0 Å². The van der Waals surface area contributed by atoms with Gasteiger partial charge in [0.25, 0.3) is 0 Å². The molecule has 1 unspecified atom stereocenters. The van der Waals surface area contributed by atoms with Crippen LogP contribution in [-0.4, -0.2) is 47.9 Å². The Morgan fingerprint density at radius 3 is 2.73 bits per heavy atom. The van der Waals surface area contributed by atoms with E-state index in [2.05, 4.69) is 10.3 Å². The summed E-state index contributed by atoms with van der Waals surface area (Å²) in [4.78, 5) is 3.89. The summed E-state index contributed by atoms with van der Waals surface area (Å²) in [5.41, 5.74) is 0. The molecule has 0 bridgehead atoms. The molecule has 5 heteroatoms. The third kappa shape index (κ3) is 5.06. The highest BCUT2D eigenvalue weighted by atomic mass is 32.2. The molecule has 0 spiro atoms. The molecule has 0 amide bonds. The minimum Gasteiger partial charge on any atom is -0.394 e. The zero-order valence-corrected chi connectivity index (χ0v) is 7.56. The number of hydrogen-bond donors (Lipinski definition) is 3. The number of rotatable bonds is 3. The monoisotopic (exact) mass is 178 g/mol. The quantitative estimate of drug-likeness (QED) is 0.394. The predicted molar refractivity (Wildman–Crippen MR) is 48.0 cm³/mol. The Morgan fingerprint density at radius 2 is 2.36 bits per heavy atom. The number of aliphatic imine (C=N–C) groups is 1. The van der Waals surface area contributed by atoms with Gasteiger partial charge in [0.1, 0.15) is 0 Å². The van der Waals surface area contributed by atoms with Crippen LogP contribution in [0.15, 0.2) is 4.99 Å². The van der Waals surface area contributed by atoms with Crippen molar-refractivity contribution in [2.75, 3.05) is 26.5 Å². The molecule has 4 nitrogen and oxygen atoms in total. The molecule has 0 aromatic heterocycles. The van der Waals surface area contributed by atoms with Crippen molar-refractivity contribution in [3.05, 3.63) is 0 Å². The van der Waals surface area contributed by atoms with Crippen molar-refractivity contribution in [3.63, 3.8) is 0 Å². The standard InChI is InChI=1S/C6H14N2O2S/c1-7-6(8-2)11-4-5(10)3-9/h5,9-10H,3-4H2,1-2H3,(H,7,8). The van der Waals surface area contributed by atoms with Gasteiger partial charge < -0.3 is 15.5 Å². The van der Waals surface area contributed by atoms with Crippen molar-refractivity contribution in [2.45, 2.75) is 6.10 Å². The van der Waals surface area contributed by atoms with Gasteiger partial charge in [-0.15, -0.1) is 0 Å².